The zero-order valence-corrected chi connectivity index (χ0v) is 11.9. The molecule has 102 valence electrons. The predicted octanol–water partition coefficient (Wildman–Crippen LogP) is 2.45. The first kappa shape index (κ1) is 14.9. The molecule has 0 aromatic carbocycles. The Labute approximate surface area is 106 Å². The van der Waals surface area contributed by atoms with Gasteiger partial charge in [0.05, 0.1) is 19.3 Å². The number of ether oxygens (including phenoxy) is 2. The Hall–Kier alpha value is -0.120. The van der Waals surface area contributed by atoms with Crippen LogP contribution in [0.4, 0.5) is 0 Å². The van der Waals surface area contributed by atoms with Crippen LogP contribution in [0.5, 0.6) is 0 Å². The molecule has 0 spiro atoms. The van der Waals surface area contributed by atoms with Crippen LogP contribution in [0.15, 0.2) is 0 Å². The quantitative estimate of drug-likeness (QED) is 0.710. The lowest BCUT2D eigenvalue weighted by Crippen LogP contribution is -2.35. The zero-order chi connectivity index (χ0) is 12.7. The molecule has 1 aliphatic rings. The molecule has 0 bridgehead atoms. The summed E-state index contributed by atoms with van der Waals surface area (Å²) in [5, 5.41) is 3.49. The van der Waals surface area contributed by atoms with E-state index in [-0.39, 0.29) is 5.41 Å². The van der Waals surface area contributed by atoms with Crippen LogP contribution < -0.4 is 5.32 Å². The van der Waals surface area contributed by atoms with Gasteiger partial charge in [-0.05, 0) is 25.3 Å². The van der Waals surface area contributed by atoms with E-state index in [1.165, 1.54) is 6.42 Å². The predicted molar refractivity (Wildman–Crippen MR) is 71.3 cm³/mol. The molecule has 1 atom stereocenters. The van der Waals surface area contributed by atoms with Crippen molar-refractivity contribution in [1.82, 2.24) is 5.32 Å². The normalized spacial score (nSPS) is 21.4. The van der Waals surface area contributed by atoms with Crippen LogP contribution in [0.25, 0.3) is 0 Å². The molecule has 3 heteroatoms. The van der Waals surface area contributed by atoms with Crippen molar-refractivity contribution >= 4 is 0 Å². The van der Waals surface area contributed by atoms with E-state index in [0.29, 0.717) is 12.0 Å². The first-order chi connectivity index (χ1) is 7.99. The summed E-state index contributed by atoms with van der Waals surface area (Å²) < 4.78 is 11.3. The Morgan fingerprint density at radius 3 is 2.76 bits per heavy atom. The second kappa shape index (κ2) is 7.34. The third-order valence-corrected chi connectivity index (χ3v) is 2.98. The fourth-order valence-electron chi connectivity index (χ4n) is 1.99. The smallest absolute Gasteiger partial charge is 0.0809 e. The minimum atomic E-state index is 0.202. The first-order valence-electron chi connectivity index (χ1n) is 6.90. The van der Waals surface area contributed by atoms with Crippen LogP contribution in [-0.4, -0.2) is 39.0 Å². The topological polar surface area (TPSA) is 30.5 Å². The van der Waals surface area contributed by atoms with Gasteiger partial charge in [-0.3, -0.25) is 0 Å². The molecule has 1 fully saturated rings. The van der Waals surface area contributed by atoms with E-state index < -0.39 is 0 Å². The van der Waals surface area contributed by atoms with Crippen LogP contribution in [0.2, 0.25) is 0 Å². The largest absolute Gasteiger partial charge is 0.378 e. The lowest BCUT2D eigenvalue weighted by molar-refractivity contribution is -0.00966. The second-order valence-corrected chi connectivity index (χ2v) is 6.34. The highest BCUT2D eigenvalue weighted by Crippen LogP contribution is 2.17. The van der Waals surface area contributed by atoms with Crippen LogP contribution in [-0.2, 0) is 9.47 Å². The average Bonchev–Trinajstić information content (AvgIpc) is 2.69. The second-order valence-electron chi connectivity index (χ2n) is 6.34. The van der Waals surface area contributed by atoms with Crippen molar-refractivity contribution in [3.63, 3.8) is 0 Å². The number of hydrogen-bond donors (Lipinski definition) is 1. The van der Waals surface area contributed by atoms with E-state index in [9.17, 15) is 0 Å². The molecule has 17 heavy (non-hydrogen) atoms. The minimum absolute atomic E-state index is 0.202. The third-order valence-electron chi connectivity index (χ3n) is 2.98. The molecule has 0 aliphatic carbocycles. The summed E-state index contributed by atoms with van der Waals surface area (Å²) in [5.41, 5.74) is 0.202. The third kappa shape index (κ3) is 7.02. The Balaban J connectivity index is 2.06. The van der Waals surface area contributed by atoms with Crippen LogP contribution >= 0.6 is 0 Å². The van der Waals surface area contributed by atoms with Gasteiger partial charge in [-0.25, -0.2) is 0 Å². The van der Waals surface area contributed by atoms with Crippen molar-refractivity contribution in [3.05, 3.63) is 0 Å². The Morgan fingerprint density at radius 2 is 2.18 bits per heavy atom. The van der Waals surface area contributed by atoms with Gasteiger partial charge < -0.3 is 14.8 Å². The first-order valence-corrected chi connectivity index (χ1v) is 6.90. The maximum atomic E-state index is 5.77. The van der Waals surface area contributed by atoms with Crippen molar-refractivity contribution in [1.29, 1.82) is 0 Å². The molecule has 1 aliphatic heterocycles. The van der Waals surface area contributed by atoms with Crippen LogP contribution in [0.1, 0.15) is 40.5 Å². The molecular formula is C14H29NO2. The van der Waals surface area contributed by atoms with Gasteiger partial charge in [0.15, 0.2) is 0 Å². The molecule has 1 heterocycles. The Bertz CT molecular complexity index is 198. The number of nitrogens with one attached hydrogen (secondary N) is 1. The summed E-state index contributed by atoms with van der Waals surface area (Å²) in [6, 6.07) is 0. The van der Waals surface area contributed by atoms with Gasteiger partial charge in [0.2, 0.25) is 0 Å². The molecule has 1 unspecified atom stereocenters. The van der Waals surface area contributed by atoms with Crippen molar-refractivity contribution < 1.29 is 9.47 Å². The molecule has 1 N–H and O–H groups in total. The van der Waals surface area contributed by atoms with E-state index in [1.807, 2.05) is 0 Å². The van der Waals surface area contributed by atoms with Crippen LogP contribution in [0.3, 0.4) is 0 Å². The van der Waals surface area contributed by atoms with Gasteiger partial charge >= 0.3 is 0 Å². The molecule has 1 rings (SSSR count). The van der Waals surface area contributed by atoms with Gasteiger partial charge in [0.1, 0.15) is 0 Å². The summed E-state index contributed by atoms with van der Waals surface area (Å²) in [6.45, 7) is 13.5. The molecule has 0 aromatic heterocycles. The summed E-state index contributed by atoms with van der Waals surface area (Å²) in [5.74, 6) is 0.707. The van der Waals surface area contributed by atoms with E-state index in [1.54, 1.807) is 0 Å². The van der Waals surface area contributed by atoms with Gasteiger partial charge in [0, 0.05) is 18.6 Å². The van der Waals surface area contributed by atoms with Crippen LogP contribution in [0, 0.1) is 11.3 Å². The fraction of sp³-hybridized carbons (Fsp3) is 1.00. The molecule has 0 aromatic rings. The molecule has 0 radical (unpaired) electrons. The van der Waals surface area contributed by atoms with E-state index in [2.05, 4.69) is 33.0 Å². The maximum absolute atomic E-state index is 5.77. The monoisotopic (exact) mass is 243 g/mol. The zero-order valence-electron chi connectivity index (χ0n) is 11.9. The van der Waals surface area contributed by atoms with Crippen molar-refractivity contribution in [2.24, 2.45) is 11.3 Å². The molecule has 0 amide bonds. The number of hydrogen-bond acceptors (Lipinski definition) is 3. The number of rotatable bonds is 8. The molecule has 0 saturated carbocycles. The van der Waals surface area contributed by atoms with Crippen molar-refractivity contribution in [2.75, 3.05) is 32.9 Å². The Kier molecular flexibility index (Phi) is 6.45. The van der Waals surface area contributed by atoms with Gasteiger partial charge in [-0.2, -0.15) is 0 Å². The van der Waals surface area contributed by atoms with Gasteiger partial charge in [-0.15, -0.1) is 0 Å². The fourth-order valence-corrected chi connectivity index (χ4v) is 1.99. The standard InChI is InChI=1S/C14H29NO2/c1-12(2)8-15-10-14(3,4)11-16-9-13-6-5-7-17-13/h12-13,15H,5-11H2,1-4H3. The lowest BCUT2D eigenvalue weighted by atomic mass is 9.94. The highest BCUT2D eigenvalue weighted by Gasteiger charge is 2.20. The summed E-state index contributed by atoms with van der Waals surface area (Å²) in [4.78, 5) is 0. The molecule has 1 saturated heterocycles. The highest BCUT2D eigenvalue weighted by atomic mass is 16.5. The average molecular weight is 243 g/mol. The van der Waals surface area contributed by atoms with E-state index in [0.717, 1.165) is 39.3 Å². The maximum Gasteiger partial charge on any atom is 0.0809 e. The van der Waals surface area contributed by atoms with E-state index >= 15 is 0 Å². The van der Waals surface area contributed by atoms with Gasteiger partial charge in [-0.1, -0.05) is 27.7 Å². The van der Waals surface area contributed by atoms with Crippen molar-refractivity contribution in [3.8, 4) is 0 Å². The SMILES string of the molecule is CC(C)CNCC(C)(C)COCC1CCCO1. The molecular weight excluding hydrogens is 214 g/mol. The van der Waals surface area contributed by atoms with Gasteiger partial charge in [0.25, 0.3) is 0 Å². The molecule has 3 nitrogen and oxygen atoms in total. The summed E-state index contributed by atoms with van der Waals surface area (Å²) >= 11 is 0. The summed E-state index contributed by atoms with van der Waals surface area (Å²) in [7, 11) is 0. The summed E-state index contributed by atoms with van der Waals surface area (Å²) in [6.07, 6.45) is 2.69. The lowest BCUT2D eigenvalue weighted by Gasteiger charge is -2.26. The Morgan fingerprint density at radius 1 is 1.41 bits per heavy atom. The minimum Gasteiger partial charge on any atom is -0.378 e. The highest BCUT2D eigenvalue weighted by molar-refractivity contribution is 4.72. The van der Waals surface area contributed by atoms with Crippen molar-refractivity contribution in [2.45, 2.75) is 46.6 Å². The van der Waals surface area contributed by atoms with E-state index in [4.69, 9.17) is 9.47 Å².